The Morgan fingerprint density at radius 1 is 1.26 bits per heavy atom. The van der Waals surface area contributed by atoms with Crippen LogP contribution >= 0.6 is 0 Å². The lowest BCUT2D eigenvalue weighted by Crippen LogP contribution is -2.33. The van der Waals surface area contributed by atoms with E-state index in [2.05, 4.69) is 11.9 Å². The number of rotatable bonds is 6. The summed E-state index contributed by atoms with van der Waals surface area (Å²) < 4.78 is 25.6. The number of anilines is 1. The maximum Gasteiger partial charge on any atom is 0.246 e. The first-order chi connectivity index (χ1) is 10.6. The molecule has 0 aliphatic heterocycles. The summed E-state index contributed by atoms with van der Waals surface area (Å²) in [7, 11) is 0.752. The lowest BCUT2D eigenvalue weighted by atomic mass is 10.2. The first kappa shape index (κ1) is 18.9. The number of likely N-dealkylation sites (N-methyl/N-ethyl adjacent to an activating group) is 1. The monoisotopic (exact) mass is 339 g/mol. The zero-order valence-electron chi connectivity index (χ0n) is 13.7. The van der Waals surface area contributed by atoms with Crippen molar-refractivity contribution in [2.75, 3.05) is 33.0 Å². The second-order valence-corrected chi connectivity index (χ2v) is 7.33. The van der Waals surface area contributed by atoms with E-state index in [4.69, 9.17) is 0 Å². The molecule has 0 radical (unpaired) electrons. The summed E-state index contributed by atoms with van der Waals surface area (Å²) >= 11 is 0. The number of nitrogens with one attached hydrogen (secondary N) is 1. The van der Waals surface area contributed by atoms with E-state index in [1.807, 2.05) is 0 Å². The third-order valence-corrected chi connectivity index (χ3v) is 5.12. The maximum atomic E-state index is 12.2. The molecule has 0 saturated carbocycles. The number of benzene rings is 1. The SMILES string of the molecule is C=CC(=O)N(C)CC(=O)Nc1ccc(C)c(S(=O)(=O)N(C)C)c1. The summed E-state index contributed by atoms with van der Waals surface area (Å²) in [6.07, 6.45) is 1.11. The summed E-state index contributed by atoms with van der Waals surface area (Å²) in [6, 6.07) is 4.62. The molecule has 1 rings (SSSR count). The van der Waals surface area contributed by atoms with E-state index < -0.39 is 15.9 Å². The average Bonchev–Trinajstić information content (AvgIpc) is 2.47. The summed E-state index contributed by atoms with van der Waals surface area (Å²) in [5.74, 6) is -0.806. The first-order valence-electron chi connectivity index (χ1n) is 6.80. The third kappa shape index (κ3) is 4.64. The Morgan fingerprint density at radius 3 is 2.39 bits per heavy atom. The van der Waals surface area contributed by atoms with Gasteiger partial charge in [0.25, 0.3) is 0 Å². The van der Waals surface area contributed by atoms with Crippen molar-refractivity contribution in [2.45, 2.75) is 11.8 Å². The van der Waals surface area contributed by atoms with Crippen molar-refractivity contribution >= 4 is 27.5 Å². The van der Waals surface area contributed by atoms with E-state index in [9.17, 15) is 18.0 Å². The molecule has 0 aliphatic rings. The van der Waals surface area contributed by atoms with Gasteiger partial charge in [0.1, 0.15) is 0 Å². The molecule has 0 spiro atoms. The van der Waals surface area contributed by atoms with Crippen molar-refractivity contribution in [3.63, 3.8) is 0 Å². The molecule has 0 saturated heterocycles. The summed E-state index contributed by atoms with van der Waals surface area (Å²) in [6.45, 7) is 4.86. The van der Waals surface area contributed by atoms with Crippen LogP contribution in [0.5, 0.6) is 0 Å². The molecule has 23 heavy (non-hydrogen) atoms. The van der Waals surface area contributed by atoms with Gasteiger partial charge in [-0.1, -0.05) is 12.6 Å². The minimum Gasteiger partial charge on any atom is -0.333 e. The lowest BCUT2D eigenvalue weighted by molar-refractivity contribution is -0.129. The fourth-order valence-electron chi connectivity index (χ4n) is 1.80. The summed E-state index contributed by atoms with van der Waals surface area (Å²) in [5, 5.41) is 2.58. The Bertz CT molecular complexity index is 726. The van der Waals surface area contributed by atoms with Crippen molar-refractivity contribution in [2.24, 2.45) is 0 Å². The molecule has 0 fully saturated rings. The van der Waals surface area contributed by atoms with Gasteiger partial charge in [-0.25, -0.2) is 12.7 Å². The number of amides is 2. The largest absolute Gasteiger partial charge is 0.333 e. The highest BCUT2D eigenvalue weighted by Gasteiger charge is 2.20. The molecular weight excluding hydrogens is 318 g/mol. The van der Waals surface area contributed by atoms with Gasteiger partial charge in [0, 0.05) is 26.8 Å². The molecule has 0 unspecified atom stereocenters. The first-order valence-corrected chi connectivity index (χ1v) is 8.24. The number of carbonyl (C=O) groups excluding carboxylic acids is 2. The predicted molar refractivity (Wildman–Crippen MR) is 88.5 cm³/mol. The Kier molecular flexibility index (Phi) is 6.05. The molecule has 0 heterocycles. The van der Waals surface area contributed by atoms with Crippen LogP contribution in [0.15, 0.2) is 35.7 Å². The third-order valence-electron chi connectivity index (χ3n) is 3.16. The smallest absolute Gasteiger partial charge is 0.246 e. The second-order valence-electron chi connectivity index (χ2n) is 5.21. The standard InChI is InChI=1S/C15H21N3O4S/c1-6-15(20)18(5)10-14(19)16-12-8-7-11(2)13(9-12)23(21,22)17(3)4/h6-9H,1,10H2,2-5H3,(H,16,19). The average molecular weight is 339 g/mol. The van der Waals surface area contributed by atoms with E-state index in [0.717, 1.165) is 10.4 Å². The number of hydrogen-bond acceptors (Lipinski definition) is 4. The van der Waals surface area contributed by atoms with Crippen LogP contribution in [0, 0.1) is 6.92 Å². The topological polar surface area (TPSA) is 86.8 Å². The highest BCUT2D eigenvalue weighted by molar-refractivity contribution is 7.89. The molecule has 126 valence electrons. The second kappa shape index (κ2) is 7.38. The number of nitrogens with zero attached hydrogens (tertiary/aromatic N) is 2. The molecule has 2 amide bonds. The molecule has 0 aliphatic carbocycles. The van der Waals surface area contributed by atoms with Gasteiger partial charge in [-0.15, -0.1) is 0 Å². The van der Waals surface area contributed by atoms with Gasteiger partial charge in [0.2, 0.25) is 21.8 Å². The van der Waals surface area contributed by atoms with Crippen LogP contribution < -0.4 is 5.32 Å². The van der Waals surface area contributed by atoms with Crippen LogP contribution in [0.25, 0.3) is 0 Å². The van der Waals surface area contributed by atoms with Crippen molar-refractivity contribution in [3.8, 4) is 0 Å². The van der Waals surface area contributed by atoms with Crippen molar-refractivity contribution in [1.82, 2.24) is 9.21 Å². The molecule has 1 N–H and O–H groups in total. The van der Waals surface area contributed by atoms with Gasteiger partial charge >= 0.3 is 0 Å². The van der Waals surface area contributed by atoms with Gasteiger partial charge in [-0.05, 0) is 30.7 Å². The minimum atomic E-state index is -3.60. The normalized spacial score (nSPS) is 11.2. The van der Waals surface area contributed by atoms with E-state index in [1.165, 1.54) is 32.1 Å². The zero-order chi connectivity index (χ0) is 17.8. The van der Waals surface area contributed by atoms with E-state index in [0.29, 0.717) is 11.3 Å². The van der Waals surface area contributed by atoms with Gasteiger partial charge in [0.15, 0.2) is 0 Å². The van der Waals surface area contributed by atoms with Crippen molar-refractivity contribution < 1.29 is 18.0 Å². The quantitative estimate of drug-likeness (QED) is 0.778. The number of aryl methyl sites for hydroxylation is 1. The Balaban J connectivity index is 2.98. The molecule has 7 nitrogen and oxygen atoms in total. The molecule has 0 atom stereocenters. The lowest BCUT2D eigenvalue weighted by Gasteiger charge is -2.17. The Morgan fingerprint density at radius 2 is 1.87 bits per heavy atom. The van der Waals surface area contributed by atoms with Gasteiger partial charge in [0.05, 0.1) is 11.4 Å². The van der Waals surface area contributed by atoms with E-state index >= 15 is 0 Å². The number of hydrogen-bond donors (Lipinski definition) is 1. The molecule has 1 aromatic carbocycles. The molecule has 1 aromatic rings. The van der Waals surface area contributed by atoms with Crippen molar-refractivity contribution in [3.05, 3.63) is 36.4 Å². The van der Waals surface area contributed by atoms with Gasteiger partial charge in [-0.3, -0.25) is 9.59 Å². The maximum absolute atomic E-state index is 12.2. The summed E-state index contributed by atoms with van der Waals surface area (Å²) in [5.41, 5.74) is 0.927. The van der Waals surface area contributed by atoms with Crippen LogP contribution in [-0.2, 0) is 19.6 Å². The van der Waals surface area contributed by atoms with Gasteiger partial charge < -0.3 is 10.2 Å². The van der Waals surface area contributed by atoms with Crippen LogP contribution in [-0.4, -0.2) is 57.1 Å². The molecule has 0 aromatic heterocycles. The molecular formula is C15H21N3O4S. The van der Waals surface area contributed by atoms with Crippen LogP contribution in [0.3, 0.4) is 0 Å². The molecule has 8 heteroatoms. The number of sulfonamides is 1. The summed E-state index contributed by atoms with van der Waals surface area (Å²) in [4.78, 5) is 24.6. The van der Waals surface area contributed by atoms with Crippen LogP contribution in [0.4, 0.5) is 5.69 Å². The fraction of sp³-hybridized carbons (Fsp3) is 0.333. The van der Waals surface area contributed by atoms with Crippen LogP contribution in [0.1, 0.15) is 5.56 Å². The van der Waals surface area contributed by atoms with E-state index in [1.54, 1.807) is 19.1 Å². The Hall–Kier alpha value is -2.19. The van der Waals surface area contributed by atoms with Crippen LogP contribution in [0.2, 0.25) is 0 Å². The minimum absolute atomic E-state index is 0.121. The highest BCUT2D eigenvalue weighted by atomic mass is 32.2. The van der Waals surface area contributed by atoms with Crippen molar-refractivity contribution in [1.29, 1.82) is 0 Å². The van der Waals surface area contributed by atoms with E-state index in [-0.39, 0.29) is 17.3 Å². The van der Waals surface area contributed by atoms with Gasteiger partial charge in [-0.2, -0.15) is 0 Å². The highest BCUT2D eigenvalue weighted by Crippen LogP contribution is 2.22. The zero-order valence-corrected chi connectivity index (χ0v) is 14.5. The molecule has 0 bridgehead atoms. The number of carbonyl (C=O) groups is 2. The fourth-order valence-corrected chi connectivity index (χ4v) is 2.95. The Labute approximate surface area is 136 Å². The predicted octanol–water partition coefficient (Wildman–Crippen LogP) is 0.828.